The van der Waals surface area contributed by atoms with Crippen LogP contribution in [-0.2, 0) is 12.4 Å². The first-order chi connectivity index (χ1) is 11.0. The lowest BCUT2D eigenvalue weighted by atomic mass is 10.1. The number of aryl methyl sites for hydroxylation is 2. The van der Waals surface area contributed by atoms with Crippen molar-refractivity contribution in [2.45, 2.75) is 45.3 Å². The van der Waals surface area contributed by atoms with Gasteiger partial charge in [-0.3, -0.25) is 0 Å². The molecule has 0 aliphatic rings. The van der Waals surface area contributed by atoms with Gasteiger partial charge in [0.25, 0.3) is 0 Å². The standard InChI is InChI=1S/C16H20N4OS2/c1-10(2)22-9-14-17-18-16-20(14)19-15(23-16)8-21-13-6-5-11(3)12(4)7-13/h5-7,10H,8-9H2,1-4H3. The number of nitrogens with zero attached hydrogens (tertiary/aromatic N) is 4. The van der Waals surface area contributed by atoms with E-state index in [0.717, 1.165) is 27.3 Å². The Kier molecular flexibility index (Phi) is 4.87. The van der Waals surface area contributed by atoms with E-state index in [1.165, 1.54) is 22.5 Å². The molecule has 1 aromatic carbocycles. The van der Waals surface area contributed by atoms with Crippen LogP contribution in [0.3, 0.4) is 0 Å². The first kappa shape index (κ1) is 16.3. The molecular formula is C16H20N4OS2. The van der Waals surface area contributed by atoms with E-state index in [4.69, 9.17) is 4.74 Å². The second-order valence-corrected chi connectivity index (χ2v) is 8.31. The lowest BCUT2D eigenvalue weighted by Crippen LogP contribution is -2.00. The van der Waals surface area contributed by atoms with E-state index < -0.39 is 0 Å². The van der Waals surface area contributed by atoms with Gasteiger partial charge in [-0.1, -0.05) is 31.3 Å². The van der Waals surface area contributed by atoms with Crippen LogP contribution in [0.2, 0.25) is 0 Å². The highest BCUT2D eigenvalue weighted by atomic mass is 32.2. The van der Waals surface area contributed by atoms with Crippen LogP contribution >= 0.6 is 23.1 Å². The molecule has 7 heteroatoms. The highest BCUT2D eigenvalue weighted by Gasteiger charge is 2.12. The van der Waals surface area contributed by atoms with Gasteiger partial charge < -0.3 is 4.74 Å². The Morgan fingerprint density at radius 2 is 2.04 bits per heavy atom. The highest BCUT2D eigenvalue weighted by Crippen LogP contribution is 2.21. The Morgan fingerprint density at radius 1 is 1.22 bits per heavy atom. The van der Waals surface area contributed by atoms with Gasteiger partial charge in [-0.15, -0.1) is 10.2 Å². The van der Waals surface area contributed by atoms with Crippen molar-refractivity contribution in [2.24, 2.45) is 0 Å². The Hall–Kier alpha value is -1.60. The van der Waals surface area contributed by atoms with Crippen LogP contribution in [0.4, 0.5) is 0 Å². The molecule has 0 aliphatic carbocycles. The zero-order valence-corrected chi connectivity index (χ0v) is 15.4. The quantitative estimate of drug-likeness (QED) is 0.673. The van der Waals surface area contributed by atoms with Gasteiger partial charge in [-0.2, -0.15) is 21.4 Å². The van der Waals surface area contributed by atoms with Crippen LogP contribution in [0.5, 0.6) is 5.75 Å². The lowest BCUT2D eigenvalue weighted by Gasteiger charge is -2.06. The Bertz CT molecular complexity index is 810. The van der Waals surface area contributed by atoms with Crippen molar-refractivity contribution in [1.82, 2.24) is 19.8 Å². The molecule has 2 aromatic heterocycles. The molecule has 2 heterocycles. The van der Waals surface area contributed by atoms with Gasteiger partial charge in [0.15, 0.2) is 10.8 Å². The van der Waals surface area contributed by atoms with E-state index >= 15 is 0 Å². The van der Waals surface area contributed by atoms with Crippen molar-refractivity contribution in [2.75, 3.05) is 0 Å². The molecule has 0 saturated heterocycles. The summed E-state index contributed by atoms with van der Waals surface area (Å²) < 4.78 is 7.68. The molecule has 3 rings (SSSR count). The molecule has 5 nitrogen and oxygen atoms in total. The van der Waals surface area contributed by atoms with Gasteiger partial charge >= 0.3 is 0 Å². The maximum absolute atomic E-state index is 5.85. The van der Waals surface area contributed by atoms with E-state index in [1.54, 1.807) is 0 Å². The number of hydrogen-bond donors (Lipinski definition) is 0. The summed E-state index contributed by atoms with van der Waals surface area (Å²) >= 11 is 3.36. The van der Waals surface area contributed by atoms with E-state index in [9.17, 15) is 0 Å². The third-order valence-corrected chi connectivity index (χ3v) is 5.45. The summed E-state index contributed by atoms with van der Waals surface area (Å²) in [6, 6.07) is 6.12. The molecule has 0 saturated carbocycles. The van der Waals surface area contributed by atoms with E-state index in [0.29, 0.717) is 11.9 Å². The zero-order chi connectivity index (χ0) is 16.4. The average Bonchev–Trinajstić information content (AvgIpc) is 3.06. The van der Waals surface area contributed by atoms with Gasteiger partial charge in [0.1, 0.15) is 12.4 Å². The summed E-state index contributed by atoms with van der Waals surface area (Å²) in [5, 5.41) is 14.5. The molecule has 0 amide bonds. The van der Waals surface area contributed by atoms with Crippen molar-refractivity contribution >= 4 is 28.1 Å². The minimum Gasteiger partial charge on any atom is -0.486 e. The molecule has 0 fully saturated rings. The fourth-order valence-electron chi connectivity index (χ4n) is 2.04. The second-order valence-electron chi connectivity index (χ2n) is 5.70. The van der Waals surface area contributed by atoms with Crippen molar-refractivity contribution in [1.29, 1.82) is 0 Å². The molecule has 0 N–H and O–H groups in total. The molecule has 23 heavy (non-hydrogen) atoms. The van der Waals surface area contributed by atoms with Crippen molar-refractivity contribution in [3.63, 3.8) is 0 Å². The van der Waals surface area contributed by atoms with Gasteiger partial charge in [0.05, 0.1) is 5.75 Å². The lowest BCUT2D eigenvalue weighted by molar-refractivity contribution is 0.303. The van der Waals surface area contributed by atoms with Gasteiger partial charge in [-0.25, -0.2) is 0 Å². The second kappa shape index (κ2) is 6.88. The summed E-state index contributed by atoms with van der Waals surface area (Å²) in [4.78, 5) is 0.822. The van der Waals surface area contributed by atoms with E-state index in [-0.39, 0.29) is 0 Å². The van der Waals surface area contributed by atoms with E-state index in [1.807, 2.05) is 22.3 Å². The molecule has 3 aromatic rings. The summed E-state index contributed by atoms with van der Waals surface area (Å²) in [6.45, 7) is 8.98. The number of rotatable bonds is 6. The largest absolute Gasteiger partial charge is 0.486 e. The van der Waals surface area contributed by atoms with Crippen LogP contribution in [0.25, 0.3) is 4.96 Å². The Labute approximate surface area is 144 Å². The molecular weight excluding hydrogens is 328 g/mol. The third-order valence-electron chi connectivity index (χ3n) is 3.48. The summed E-state index contributed by atoms with van der Waals surface area (Å²) in [7, 11) is 0. The van der Waals surface area contributed by atoms with Crippen LogP contribution in [0, 0.1) is 13.8 Å². The number of aromatic nitrogens is 4. The van der Waals surface area contributed by atoms with Gasteiger partial charge in [0.2, 0.25) is 4.96 Å². The SMILES string of the molecule is Cc1ccc(OCc2nn3c(CSC(C)C)nnc3s2)cc1C. The van der Waals surface area contributed by atoms with Crippen LogP contribution < -0.4 is 4.74 Å². The Balaban J connectivity index is 1.69. The van der Waals surface area contributed by atoms with Gasteiger partial charge in [-0.05, 0) is 42.4 Å². The predicted molar refractivity (Wildman–Crippen MR) is 95.3 cm³/mol. The first-order valence-electron chi connectivity index (χ1n) is 7.54. The number of thioether (sulfide) groups is 1. The summed E-state index contributed by atoms with van der Waals surface area (Å²) in [5.74, 6) is 2.59. The Morgan fingerprint density at radius 3 is 2.78 bits per heavy atom. The first-order valence-corrected chi connectivity index (χ1v) is 9.41. The monoisotopic (exact) mass is 348 g/mol. The minimum absolute atomic E-state index is 0.452. The van der Waals surface area contributed by atoms with Crippen LogP contribution in [0.15, 0.2) is 18.2 Å². The fourth-order valence-corrected chi connectivity index (χ4v) is 3.46. The van der Waals surface area contributed by atoms with Crippen LogP contribution in [0.1, 0.15) is 35.8 Å². The third kappa shape index (κ3) is 3.84. The molecule has 0 unspecified atom stereocenters. The molecule has 0 atom stereocenters. The molecule has 0 bridgehead atoms. The maximum Gasteiger partial charge on any atom is 0.234 e. The smallest absolute Gasteiger partial charge is 0.234 e. The number of hydrogen-bond acceptors (Lipinski definition) is 6. The summed E-state index contributed by atoms with van der Waals surface area (Å²) in [6.07, 6.45) is 0. The highest BCUT2D eigenvalue weighted by molar-refractivity contribution is 7.99. The van der Waals surface area contributed by atoms with E-state index in [2.05, 4.69) is 55.1 Å². The maximum atomic E-state index is 5.85. The van der Waals surface area contributed by atoms with Gasteiger partial charge in [0, 0.05) is 0 Å². The molecule has 0 spiro atoms. The fraction of sp³-hybridized carbons (Fsp3) is 0.438. The number of ether oxygens (including phenoxy) is 1. The van der Waals surface area contributed by atoms with Crippen molar-refractivity contribution in [3.8, 4) is 5.75 Å². The average molecular weight is 348 g/mol. The molecule has 0 aliphatic heterocycles. The molecule has 122 valence electrons. The van der Waals surface area contributed by atoms with Crippen molar-refractivity contribution < 1.29 is 4.74 Å². The minimum atomic E-state index is 0.452. The van der Waals surface area contributed by atoms with Crippen molar-refractivity contribution in [3.05, 3.63) is 40.2 Å². The van der Waals surface area contributed by atoms with Crippen LogP contribution in [-0.4, -0.2) is 25.1 Å². The topological polar surface area (TPSA) is 52.3 Å². The summed E-state index contributed by atoms with van der Waals surface area (Å²) in [5.41, 5.74) is 2.50. The number of benzene rings is 1. The normalized spacial score (nSPS) is 11.5. The predicted octanol–water partition coefficient (Wildman–Crippen LogP) is 4.02. The molecule has 0 radical (unpaired) electrons. The number of fused-ring (bicyclic) bond motifs is 1. The zero-order valence-electron chi connectivity index (χ0n) is 13.7.